The average Bonchev–Trinajstić information content (AvgIpc) is 2.75. The number of hydrogen-bond acceptors (Lipinski definition) is 3. The van der Waals surface area contributed by atoms with Crippen LogP contribution in [0.25, 0.3) is 0 Å². The number of aromatic nitrogens is 2. The number of carboxylic acid groups (broad SMARTS) is 1. The normalized spacial score (nSPS) is 26.6. The van der Waals surface area contributed by atoms with E-state index in [1.807, 2.05) is 12.3 Å². The van der Waals surface area contributed by atoms with Gasteiger partial charge in [-0.15, -0.1) is 0 Å². The van der Waals surface area contributed by atoms with Crippen LogP contribution in [0.3, 0.4) is 0 Å². The van der Waals surface area contributed by atoms with Gasteiger partial charge >= 0.3 is 5.97 Å². The van der Waals surface area contributed by atoms with Gasteiger partial charge in [-0.25, -0.2) is 4.79 Å². The number of rotatable bonds is 3. The molecule has 2 rings (SSSR count). The van der Waals surface area contributed by atoms with Crippen molar-refractivity contribution in [1.82, 2.24) is 9.78 Å². The first kappa shape index (κ1) is 9.21. The summed E-state index contributed by atoms with van der Waals surface area (Å²) in [5, 5.41) is 12.9. The highest BCUT2D eigenvalue weighted by Gasteiger charge is 2.34. The molecule has 1 N–H and O–H groups in total. The topological polar surface area (TPSA) is 64.3 Å². The van der Waals surface area contributed by atoms with Crippen LogP contribution in [0.1, 0.15) is 6.42 Å². The molecule has 0 aromatic carbocycles. The summed E-state index contributed by atoms with van der Waals surface area (Å²) in [5.74, 6) is -0.841. The molecule has 1 fully saturated rings. The fraction of sp³-hybridized carbons (Fsp3) is 0.556. The van der Waals surface area contributed by atoms with E-state index in [-0.39, 0.29) is 5.92 Å². The third-order valence-electron chi connectivity index (χ3n) is 2.44. The monoisotopic (exact) mass is 196 g/mol. The molecule has 2 heterocycles. The predicted octanol–water partition coefficient (Wildman–Crippen LogP) is 0.373. The first-order valence-electron chi connectivity index (χ1n) is 4.59. The Morgan fingerprint density at radius 3 is 3.21 bits per heavy atom. The van der Waals surface area contributed by atoms with Crippen molar-refractivity contribution >= 4 is 5.97 Å². The molecule has 0 bridgehead atoms. The first-order chi connectivity index (χ1) is 6.77. The van der Waals surface area contributed by atoms with E-state index in [2.05, 4.69) is 5.10 Å². The minimum absolute atomic E-state index is 0.0346. The molecule has 1 aliphatic heterocycles. The van der Waals surface area contributed by atoms with Gasteiger partial charge in [0.25, 0.3) is 0 Å². The van der Waals surface area contributed by atoms with Gasteiger partial charge in [-0.1, -0.05) is 0 Å². The van der Waals surface area contributed by atoms with Gasteiger partial charge in [0.05, 0.1) is 0 Å². The highest BCUT2D eigenvalue weighted by atomic mass is 16.5. The second-order valence-corrected chi connectivity index (χ2v) is 3.41. The Labute approximate surface area is 81.3 Å². The van der Waals surface area contributed by atoms with Crippen molar-refractivity contribution in [2.75, 3.05) is 6.61 Å². The van der Waals surface area contributed by atoms with Crippen LogP contribution in [0.5, 0.6) is 0 Å². The molecule has 0 amide bonds. The zero-order valence-electron chi connectivity index (χ0n) is 7.67. The molecule has 2 atom stereocenters. The molecule has 76 valence electrons. The van der Waals surface area contributed by atoms with Gasteiger partial charge in [-0.3, -0.25) is 4.68 Å². The van der Waals surface area contributed by atoms with Crippen LogP contribution < -0.4 is 0 Å². The molecule has 1 saturated heterocycles. The number of nitrogens with zero attached hydrogens (tertiary/aromatic N) is 2. The highest BCUT2D eigenvalue weighted by molar-refractivity contribution is 5.73. The lowest BCUT2D eigenvalue weighted by Gasteiger charge is -2.13. The lowest BCUT2D eigenvalue weighted by atomic mass is 10.0. The van der Waals surface area contributed by atoms with E-state index in [0.29, 0.717) is 13.2 Å². The molecule has 1 aromatic heterocycles. The molecule has 0 radical (unpaired) electrons. The lowest BCUT2D eigenvalue weighted by Crippen LogP contribution is -2.29. The van der Waals surface area contributed by atoms with Crippen molar-refractivity contribution in [3.63, 3.8) is 0 Å². The molecule has 0 saturated carbocycles. The molecule has 2 unspecified atom stereocenters. The van der Waals surface area contributed by atoms with Gasteiger partial charge in [0.1, 0.15) is 0 Å². The number of carboxylic acids is 1. The van der Waals surface area contributed by atoms with E-state index in [9.17, 15) is 4.79 Å². The smallest absolute Gasteiger partial charge is 0.333 e. The van der Waals surface area contributed by atoms with E-state index in [1.165, 1.54) is 0 Å². The Balaban J connectivity index is 2.00. The van der Waals surface area contributed by atoms with Crippen molar-refractivity contribution in [2.24, 2.45) is 5.92 Å². The van der Waals surface area contributed by atoms with Gasteiger partial charge in [0.15, 0.2) is 6.10 Å². The Morgan fingerprint density at radius 1 is 1.71 bits per heavy atom. The Kier molecular flexibility index (Phi) is 2.49. The Morgan fingerprint density at radius 2 is 2.57 bits per heavy atom. The second kappa shape index (κ2) is 3.79. The molecule has 1 aliphatic rings. The van der Waals surface area contributed by atoms with Crippen LogP contribution in [-0.4, -0.2) is 33.6 Å². The van der Waals surface area contributed by atoms with Crippen molar-refractivity contribution in [3.8, 4) is 0 Å². The Bertz CT molecular complexity index is 310. The first-order valence-corrected chi connectivity index (χ1v) is 4.59. The summed E-state index contributed by atoms with van der Waals surface area (Å²) in [6.07, 6.45) is 3.64. The molecule has 5 nitrogen and oxygen atoms in total. The Hall–Kier alpha value is -1.36. The van der Waals surface area contributed by atoms with E-state index in [4.69, 9.17) is 9.84 Å². The molecule has 0 spiro atoms. The average molecular weight is 196 g/mol. The fourth-order valence-corrected chi connectivity index (χ4v) is 1.74. The largest absolute Gasteiger partial charge is 0.479 e. The summed E-state index contributed by atoms with van der Waals surface area (Å²) in [5.41, 5.74) is 0. The number of hydrogen-bond donors (Lipinski definition) is 1. The summed E-state index contributed by atoms with van der Waals surface area (Å²) in [6, 6.07) is 1.82. The number of carbonyl (C=O) groups is 1. The zero-order valence-corrected chi connectivity index (χ0v) is 7.67. The molecule has 14 heavy (non-hydrogen) atoms. The molecule has 0 aliphatic carbocycles. The summed E-state index contributed by atoms with van der Waals surface area (Å²) in [4.78, 5) is 10.8. The minimum Gasteiger partial charge on any atom is -0.479 e. The van der Waals surface area contributed by atoms with Crippen molar-refractivity contribution in [2.45, 2.75) is 19.1 Å². The van der Waals surface area contributed by atoms with E-state index >= 15 is 0 Å². The highest BCUT2D eigenvalue weighted by Crippen LogP contribution is 2.22. The standard InChI is InChI=1S/C9H12N2O3/c12-9(13)8-7(2-5-14-8)6-11-4-1-3-10-11/h1,3-4,7-8H,2,5-6H2,(H,12,13). The number of aliphatic carboxylic acids is 1. The maximum absolute atomic E-state index is 10.8. The van der Waals surface area contributed by atoms with Crippen LogP contribution >= 0.6 is 0 Å². The molecule has 5 heteroatoms. The summed E-state index contributed by atoms with van der Waals surface area (Å²) >= 11 is 0. The molecule has 1 aromatic rings. The maximum Gasteiger partial charge on any atom is 0.333 e. The zero-order chi connectivity index (χ0) is 9.97. The molecular weight excluding hydrogens is 184 g/mol. The quantitative estimate of drug-likeness (QED) is 0.758. The van der Waals surface area contributed by atoms with E-state index in [1.54, 1.807) is 10.9 Å². The van der Waals surface area contributed by atoms with E-state index < -0.39 is 12.1 Å². The minimum atomic E-state index is -0.875. The van der Waals surface area contributed by atoms with Crippen LogP contribution in [-0.2, 0) is 16.1 Å². The van der Waals surface area contributed by atoms with Gasteiger partial charge in [-0.2, -0.15) is 5.10 Å². The summed E-state index contributed by atoms with van der Waals surface area (Å²) < 4.78 is 6.88. The van der Waals surface area contributed by atoms with Gasteiger partial charge in [0.2, 0.25) is 0 Å². The van der Waals surface area contributed by atoms with E-state index in [0.717, 1.165) is 6.42 Å². The third kappa shape index (κ3) is 1.77. The lowest BCUT2D eigenvalue weighted by molar-refractivity contribution is -0.149. The van der Waals surface area contributed by atoms with Crippen molar-refractivity contribution in [3.05, 3.63) is 18.5 Å². The predicted molar refractivity (Wildman–Crippen MR) is 47.7 cm³/mol. The van der Waals surface area contributed by atoms with Crippen LogP contribution in [0, 0.1) is 5.92 Å². The van der Waals surface area contributed by atoms with Gasteiger partial charge < -0.3 is 9.84 Å². The summed E-state index contributed by atoms with van der Waals surface area (Å²) in [6.45, 7) is 1.15. The molecular formula is C9H12N2O3. The van der Waals surface area contributed by atoms with Gasteiger partial charge in [-0.05, 0) is 12.5 Å². The summed E-state index contributed by atoms with van der Waals surface area (Å²) in [7, 11) is 0. The second-order valence-electron chi connectivity index (χ2n) is 3.41. The van der Waals surface area contributed by atoms with Crippen LogP contribution in [0.15, 0.2) is 18.5 Å². The van der Waals surface area contributed by atoms with Crippen molar-refractivity contribution < 1.29 is 14.6 Å². The maximum atomic E-state index is 10.8. The van der Waals surface area contributed by atoms with Gasteiger partial charge in [0, 0.05) is 31.5 Å². The third-order valence-corrected chi connectivity index (χ3v) is 2.44. The number of ether oxygens (including phenoxy) is 1. The van der Waals surface area contributed by atoms with Crippen molar-refractivity contribution in [1.29, 1.82) is 0 Å². The van der Waals surface area contributed by atoms with Crippen LogP contribution in [0.2, 0.25) is 0 Å². The SMILES string of the molecule is O=C(O)C1OCCC1Cn1cccn1. The fourth-order valence-electron chi connectivity index (χ4n) is 1.74. The van der Waals surface area contributed by atoms with Crippen LogP contribution in [0.4, 0.5) is 0 Å².